The van der Waals surface area contributed by atoms with Crippen molar-refractivity contribution in [3.63, 3.8) is 0 Å². The van der Waals surface area contributed by atoms with E-state index in [-0.39, 0.29) is 11.9 Å². The summed E-state index contributed by atoms with van der Waals surface area (Å²) in [5, 5.41) is 0. The van der Waals surface area contributed by atoms with Gasteiger partial charge in [0, 0.05) is 25.7 Å². The molecule has 0 aromatic heterocycles. The lowest BCUT2D eigenvalue weighted by Crippen LogP contribution is -2.61. The zero-order valence-electron chi connectivity index (χ0n) is 10.6. The molecule has 2 aliphatic rings. The molecule has 5 heteroatoms. The van der Waals surface area contributed by atoms with Crippen LogP contribution in [0, 0.1) is 5.41 Å². The Bertz CT molecular complexity index is 341. The van der Waals surface area contributed by atoms with Gasteiger partial charge in [0.05, 0.1) is 10.4 Å². The number of amides is 1. The molecule has 2 fully saturated rings. The quantitative estimate of drug-likeness (QED) is 0.734. The first kappa shape index (κ1) is 12.8. The van der Waals surface area contributed by atoms with Crippen LogP contribution in [0.3, 0.4) is 0 Å². The summed E-state index contributed by atoms with van der Waals surface area (Å²) in [5.41, 5.74) is 5.27. The van der Waals surface area contributed by atoms with Gasteiger partial charge >= 0.3 is 0 Å². The van der Waals surface area contributed by atoms with Crippen molar-refractivity contribution in [3.05, 3.63) is 0 Å². The molecular weight excluding hydrogens is 234 g/mol. The summed E-state index contributed by atoms with van der Waals surface area (Å²) < 4.78 is 0. The number of nitrogens with zero attached hydrogens (tertiary/aromatic N) is 2. The molecule has 1 heterocycles. The topological polar surface area (TPSA) is 49.6 Å². The molecule has 2 rings (SSSR count). The zero-order chi connectivity index (χ0) is 12.6. The van der Waals surface area contributed by atoms with Gasteiger partial charge in [-0.2, -0.15) is 0 Å². The summed E-state index contributed by atoms with van der Waals surface area (Å²) in [6, 6.07) is 0.257. The summed E-state index contributed by atoms with van der Waals surface area (Å²) in [5.74, 6) is 0.164. The Morgan fingerprint density at radius 2 is 2.06 bits per heavy atom. The van der Waals surface area contributed by atoms with Gasteiger partial charge < -0.3 is 15.5 Å². The van der Waals surface area contributed by atoms with Gasteiger partial charge in [0.25, 0.3) is 0 Å². The maximum Gasteiger partial charge on any atom is 0.235 e. The molecule has 2 N–H and O–H groups in total. The van der Waals surface area contributed by atoms with E-state index in [0.717, 1.165) is 38.9 Å². The molecule has 1 aliphatic heterocycles. The van der Waals surface area contributed by atoms with Gasteiger partial charge in [0.15, 0.2) is 0 Å². The number of likely N-dealkylation sites (N-methyl/N-ethyl adjacent to an activating group) is 1. The molecule has 17 heavy (non-hydrogen) atoms. The van der Waals surface area contributed by atoms with Crippen LogP contribution in [0.2, 0.25) is 0 Å². The summed E-state index contributed by atoms with van der Waals surface area (Å²) in [7, 11) is 2.09. The Labute approximate surface area is 108 Å². The first-order valence-corrected chi connectivity index (χ1v) is 6.68. The predicted octanol–water partition coefficient (Wildman–Crippen LogP) is 0.605. The van der Waals surface area contributed by atoms with Gasteiger partial charge in [0.2, 0.25) is 5.91 Å². The molecule has 0 aromatic carbocycles. The van der Waals surface area contributed by atoms with E-state index in [2.05, 4.69) is 18.9 Å². The molecule has 1 amide bonds. The van der Waals surface area contributed by atoms with E-state index in [1.54, 1.807) is 0 Å². The molecular formula is C12H21N3OS. The summed E-state index contributed by atoms with van der Waals surface area (Å²) in [6.45, 7) is 4.75. The molecule has 96 valence electrons. The summed E-state index contributed by atoms with van der Waals surface area (Å²) >= 11 is 5.11. The Balaban J connectivity index is 2.11. The van der Waals surface area contributed by atoms with E-state index in [1.165, 1.54) is 0 Å². The fourth-order valence-electron chi connectivity index (χ4n) is 2.81. The second-order valence-electron chi connectivity index (χ2n) is 5.41. The molecule has 4 nitrogen and oxygen atoms in total. The third-order valence-corrected chi connectivity index (χ3v) is 4.57. The largest absolute Gasteiger partial charge is 0.392 e. The molecule has 0 radical (unpaired) electrons. The summed E-state index contributed by atoms with van der Waals surface area (Å²) in [6.07, 6.45) is 2.73. The van der Waals surface area contributed by atoms with Crippen LogP contribution in [0.15, 0.2) is 0 Å². The molecule has 0 bridgehead atoms. The normalized spacial score (nSPS) is 28.6. The van der Waals surface area contributed by atoms with E-state index in [0.29, 0.717) is 4.99 Å². The highest BCUT2D eigenvalue weighted by Crippen LogP contribution is 2.43. The number of carbonyl (C=O) groups excluding carboxylic acids is 1. The highest BCUT2D eigenvalue weighted by molar-refractivity contribution is 7.80. The van der Waals surface area contributed by atoms with E-state index in [4.69, 9.17) is 18.0 Å². The number of rotatable bonds is 2. The van der Waals surface area contributed by atoms with Crippen molar-refractivity contribution in [1.82, 2.24) is 9.80 Å². The highest BCUT2D eigenvalue weighted by atomic mass is 32.1. The van der Waals surface area contributed by atoms with Crippen molar-refractivity contribution >= 4 is 23.1 Å². The second kappa shape index (κ2) is 4.53. The molecule has 1 atom stereocenters. The van der Waals surface area contributed by atoms with Crippen molar-refractivity contribution in [2.75, 3.05) is 26.7 Å². The number of hydrogen-bond acceptors (Lipinski definition) is 3. The third-order valence-electron chi connectivity index (χ3n) is 4.18. The van der Waals surface area contributed by atoms with E-state index < -0.39 is 5.41 Å². The maximum atomic E-state index is 12.6. The fourth-order valence-corrected chi connectivity index (χ4v) is 3.10. The standard InChI is InChI=1S/C12H21N3OS/c1-9-8-14(2)6-7-15(9)11(16)12(10(13)17)4-3-5-12/h9H,3-8H2,1-2H3,(H2,13,17). The van der Waals surface area contributed by atoms with Gasteiger partial charge in [0.1, 0.15) is 0 Å². The molecule has 1 unspecified atom stereocenters. The zero-order valence-corrected chi connectivity index (χ0v) is 11.4. The van der Waals surface area contributed by atoms with Gasteiger partial charge in [-0.25, -0.2) is 0 Å². The number of thiocarbonyl (C=S) groups is 1. The minimum atomic E-state index is -0.514. The Morgan fingerprint density at radius 3 is 2.47 bits per heavy atom. The number of nitrogens with two attached hydrogens (primary N) is 1. The lowest BCUT2D eigenvalue weighted by molar-refractivity contribution is -0.146. The molecule has 1 saturated heterocycles. The first-order chi connectivity index (χ1) is 7.97. The predicted molar refractivity (Wildman–Crippen MR) is 71.7 cm³/mol. The van der Waals surface area contributed by atoms with E-state index in [9.17, 15) is 4.79 Å². The molecule has 1 saturated carbocycles. The number of hydrogen-bond donors (Lipinski definition) is 1. The van der Waals surface area contributed by atoms with E-state index in [1.807, 2.05) is 4.90 Å². The molecule has 0 aromatic rings. The second-order valence-corrected chi connectivity index (χ2v) is 5.85. The fraction of sp³-hybridized carbons (Fsp3) is 0.833. The Morgan fingerprint density at radius 1 is 1.41 bits per heavy atom. The average Bonchev–Trinajstić information content (AvgIpc) is 2.14. The molecule has 0 spiro atoms. The number of carbonyl (C=O) groups is 1. The maximum absolute atomic E-state index is 12.6. The monoisotopic (exact) mass is 255 g/mol. The van der Waals surface area contributed by atoms with Gasteiger partial charge in [-0.05, 0) is 26.8 Å². The lowest BCUT2D eigenvalue weighted by Gasteiger charge is -2.47. The highest BCUT2D eigenvalue weighted by Gasteiger charge is 2.50. The Kier molecular flexibility index (Phi) is 3.41. The van der Waals surface area contributed by atoms with Crippen LogP contribution >= 0.6 is 12.2 Å². The van der Waals surface area contributed by atoms with Gasteiger partial charge in [-0.1, -0.05) is 18.6 Å². The minimum Gasteiger partial charge on any atom is -0.392 e. The van der Waals surface area contributed by atoms with Crippen LogP contribution in [0.4, 0.5) is 0 Å². The average molecular weight is 255 g/mol. The third kappa shape index (κ3) is 2.06. The SMILES string of the molecule is CC1CN(C)CCN1C(=O)C1(C(N)=S)CCC1. The van der Waals surface area contributed by atoms with E-state index >= 15 is 0 Å². The Hall–Kier alpha value is -0.680. The van der Waals surface area contributed by atoms with Gasteiger partial charge in [-0.15, -0.1) is 0 Å². The van der Waals surface area contributed by atoms with Crippen LogP contribution in [0.25, 0.3) is 0 Å². The van der Waals surface area contributed by atoms with Gasteiger partial charge in [-0.3, -0.25) is 4.79 Å². The van der Waals surface area contributed by atoms with Crippen LogP contribution in [-0.4, -0.2) is 53.4 Å². The van der Waals surface area contributed by atoms with Crippen LogP contribution in [0.1, 0.15) is 26.2 Å². The molecule has 1 aliphatic carbocycles. The van der Waals surface area contributed by atoms with Crippen LogP contribution in [0.5, 0.6) is 0 Å². The van der Waals surface area contributed by atoms with Crippen molar-refractivity contribution in [2.24, 2.45) is 11.1 Å². The smallest absolute Gasteiger partial charge is 0.235 e. The van der Waals surface area contributed by atoms with Crippen LogP contribution < -0.4 is 5.73 Å². The minimum absolute atomic E-state index is 0.164. The number of piperazine rings is 1. The van der Waals surface area contributed by atoms with Crippen molar-refractivity contribution < 1.29 is 4.79 Å². The lowest BCUT2D eigenvalue weighted by atomic mass is 9.67. The van der Waals surface area contributed by atoms with Crippen molar-refractivity contribution in [2.45, 2.75) is 32.2 Å². The van der Waals surface area contributed by atoms with Crippen LogP contribution in [-0.2, 0) is 4.79 Å². The summed E-state index contributed by atoms with van der Waals surface area (Å²) in [4.78, 5) is 17.2. The van der Waals surface area contributed by atoms with Crippen molar-refractivity contribution in [3.8, 4) is 0 Å². The first-order valence-electron chi connectivity index (χ1n) is 6.27. The van der Waals surface area contributed by atoms with Crippen molar-refractivity contribution in [1.29, 1.82) is 0 Å².